The van der Waals surface area contributed by atoms with Gasteiger partial charge in [-0.05, 0) is 54.6 Å². The largest absolute Gasteiger partial charge is 0.480 e. The van der Waals surface area contributed by atoms with E-state index in [1.807, 2.05) is 72.8 Å². The summed E-state index contributed by atoms with van der Waals surface area (Å²) in [6.07, 6.45) is 1.68. The van der Waals surface area contributed by atoms with E-state index >= 15 is 0 Å². The molecule has 0 spiro atoms. The lowest BCUT2D eigenvalue weighted by Gasteiger charge is -2.14. The van der Waals surface area contributed by atoms with E-state index in [1.54, 1.807) is 12.1 Å². The van der Waals surface area contributed by atoms with E-state index in [4.69, 9.17) is 0 Å². The average molecular weight is 445 g/mol. The monoisotopic (exact) mass is 444 g/mol. The molecule has 0 aromatic heterocycles. The van der Waals surface area contributed by atoms with E-state index in [9.17, 15) is 19.5 Å². The van der Waals surface area contributed by atoms with Crippen molar-refractivity contribution >= 4 is 17.8 Å². The van der Waals surface area contributed by atoms with Crippen LogP contribution in [0.2, 0.25) is 0 Å². The van der Waals surface area contributed by atoms with Gasteiger partial charge in [-0.15, -0.1) is 0 Å². The van der Waals surface area contributed by atoms with Gasteiger partial charge in [0.15, 0.2) is 0 Å². The fourth-order valence-corrected chi connectivity index (χ4v) is 3.51. The molecule has 2 amide bonds. The highest BCUT2D eigenvalue weighted by molar-refractivity contribution is 6.04. The molecule has 1 atom stereocenters. The van der Waals surface area contributed by atoms with Crippen LogP contribution in [0.4, 0.5) is 0 Å². The molecule has 0 radical (unpaired) electrons. The van der Waals surface area contributed by atoms with E-state index in [-0.39, 0.29) is 12.8 Å². The van der Waals surface area contributed by atoms with Gasteiger partial charge in [-0.3, -0.25) is 19.7 Å². The predicted molar refractivity (Wildman–Crippen MR) is 128 cm³/mol. The number of carbonyl (C=O) groups excluding carboxylic acids is 2. The molecule has 3 N–H and O–H groups in total. The number of rotatable bonds is 11. The summed E-state index contributed by atoms with van der Waals surface area (Å²) in [4.78, 5) is 36.1. The van der Waals surface area contributed by atoms with Crippen molar-refractivity contribution in [1.82, 2.24) is 10.6 Å². The van der Waals surface area contributed by atoms with Crippen molar-refractivity contribution in [2.24, 2.45) is 0 Å². The molecule has 0 aliphatic carbocycles. The number of aryl methyl sites for hydroxylation is 1. The molecule has 0 fully saturated rings. The number of aliphatic carboxylic acids is 1. The van der Waals surface area contributed by atoms with E-state index in [1.165, 1.54) is 5.56 Å². The summed E-state index contributed by atoms with van der Waals surface area (Å²) in [6.45, 7) is 0.528. The molecular formula is C27H28N2O4. The van der Waals surface area contributed by atoms with Gasteiger partial charge in [0.25, 0.3) is 5.91 Å². The Hall–Kier alpha value is -3.77. The first-order chi connectivity index (χ1) is 16.0. The molecular weight excluding hydrogens is 416 g/mol. The minimum Gasteiger partial charge on any atom is -0.480 e. The Balaban J connectivity index is 1.42. The Morgan fingerprint density at radius 1 is 0.788 bits per heavy atom. The topological polar surface area (TPSA) is 95.5 Å². The fraction of sp³-hybridized carbons (Fsp3) is 0.222. The number of hydrogen-bond donors (Lipinski definition) is 3. The van der Waals surface area contributed by atoms with Crippen molar-refractivity contribution in [2.75, 3.05) is 6.54 Å². The Morgan fingerprint density at radius 2 is 1.39 bits per heavy atom. The second-order valence-electron chi connectivity index (χ2n) is 7.79. The molecule has 0 aliphatic rings. The van der Waals surface area contributed by atoms with Crippen LogP contribution in [0.3, 0.4) is 0 Å². The average Bonchev–Trinajstić information content (AvgIpc) is 2.84. The lowest BCUT2D eigenvalue weighted by atomic mass is 10.0. The van der Waals surface area contributed by atoms with Crippen LogP contribution in [0.1, 0.15) is 35.2 Å². The molecule has 0 heterocycles. The Bertz CT molecular complexity index is 1050. The van der Waals surface area contributed by atoms with Crippen LogP contribution in [0, 0.1) is 0 Å². The van der Waals surface area contributed by atoms with Gasteiger partial charge >= 0.3 is 5.97 Å². The summed E-state index contributed by atoms with van der Waals surface area (Å²) in [7, 11) is 0. The third kappa shape index (κ3) is 7.70. The summed E-state index contributed by atoms with van der Waals surface area (Å²) in [5.74, 6) is -2.00. The quantitative estimate of drug-likeness (QED) is 0.388. The maximum absolute atomic E-state index is 12.4. The van der Waals surface area contributed by atoms with Crippen molar-refractivity contribution in [3.05, 3.63) is 96.1 Å². The summed E-state index contributed by atoms with van der Waals surface area (Å²) in [5, 5.41) is 14.7. The first-order valence-electron chi connectivity index (χ1n) is 11.0. The zero-order valence-electron chi connectivity index (χ0n) is 18.4. The minimum atomic E-state index is -1.01. The number of imide groups is 1. The lowest BCUT2D eigenvalue weighted by molar-refractivity contribution is -0.139. The third-order valence-electron chi connectivity index (χ3n) is 5.34. The molecule has 3 aromatic rings. The van der Waals surface area contributed by atoms with Gasteiger partial charge in [-0.1, -0.05) is 72.8 Å². The van der Waals surface area contributed by atoms with Crippen LogP contribution in [-0.4, -0.2) is 35.5 Å². The SMILES string of the molecule is O=C(CC[C@H](NCCCc1ccccc1)C(=O)O)NC(=O)c1ccc(-c2ccccc2)cc1. The van der Waals surface area contributed by atoms with E-state index in [2.05, 4.69) is 10.6 Å². The van der Waals surface area contributed by atoms with Crippen molar-refractivity contribution in [2.45, 2.75) is 31.7 Å². The number of carboxylic acid groups (broad SMARTS) is 1. The number of carboxylic acids is 1. The van der Waals surface area contributed by atoms with Gasteiger partial charge < -0.3 is 10.4 Å². The second kappa shape index (κ2) is 12.3. The molecule has 0 saturated heterocycles. The van der Waals surface area contributed by atoms with Crippen LogP contribution in [0.5, 0.6) is 0 Å². The summed E-state index contributed by atoms with van der Waals surface area (Å²) < 4.78 is 0. The maximum atomic E-state index is 12.4. The Labute approximate surface area is 193 Å². The summed E-state index contributed by atoms with van der Waals surface area (Å²) >= 11 is 0. The molecule has 170 valence electrons. The second-order valence-corrected chi connectivity index (χ2v) is 7.79. The number of hydrogen-bond acceptors (Lipinski definition) is 4. The van der Waals surface area contributed by atoms with Gasteiger partial charge in [-0.25, -0.2) is 0 Å². The zero-order valence-corrected chi connectivity index (χ0v) is 18.4. The van der Waals surface area contributed by atoms with E-state index < -0.39 is 23.8 Å². The molecule has 0 bridgehead atoms. The first kappa shape index (κ1) is 23.9. The van der Waals surface area contributed by atoms with Crippen molar-refractivity contribution < 1.29 is 19.5 Å². The number of nitrogens with one attached hydrogen (secondary N) is 2. The van der Waals surface area contributed by atoms with Crippen LogP contribution >= 0.6 is 0 Å². The predicted octanol–water partition coefficient (Wildman–Crippen LogP) is 4.07. The van der Waals surface area contributed by atoms with Crippen LogP contribution in [-0.2, 0) is 16.0 Å². The zero-order chi connectivity index (χ0) is 23.5. The Kier molecular flexibility index (Phi) is 8.91. The van der Waals surface area contributed by atoms with Gasteiger partial charge in [0.1, 0.15) is 6.04 Å². The van der Waals surface area contributed by atoms with Crippen LogP contribution < -0.4 is 10.6 Å². The lowest BCUT2D eigenvalue weighted by Crippen LogP contribution is -2.39. The normalized spacial score (nSPS) is 11.5. The van der Waals surface area contributed by atoms with Crippen molar-refractivity contribution in [3.8, 4) is 11.1 Å². The molecule has 6 nitrogen and oxygen atoms in total. The molecule has 3 rings (SSSR count). The number of benzene rings is 3. The number of carbonyl (C=O) groups is 3. The van der Waals surface area contributed by atoms with E-state index in [0.717, 1.165) is 24.0 Å². The molecule has 6 heteroatoms. The smallest absolute Gasteiger partial charge is 0.320 e. The minimum absolute atomic E-state index is 0.0590. The van der Waals surface area contributed by atoms with Gasteiger partial charge in [0.2, 0.25) is 5.91 Å². The van der Waals surface area contributed by atoms with Gasteiger partial charge in [0.05, 0.1) is 0 Å². The molecule has 0 unspecified atom stereocenters. The summed E-state index contributed by atoms with van der Waals surface area (Å²) in [5.41, 5.74) is 3.58. The highest BCUT2D eigenvalue weighted by atomic mass is 16.4. The van der Waals surface area contributed by atoms with Gasteiger partial charge in [-0.2, -0.15) is 0 Å². The van der Waals surface area contributed by atoms with Crippen molar-refractivity contribution in [3.63, 3.8) is 0 Å². The molecule has 33 heavy (non-hydrogen) atoms. The van der Waals surface area contributed by atoms with Crippen LogP contribution in [0.15, 0.2) is 84.9 Å². The molecule has 3 aromatic carbocycles. The van der Waals surface area contributed by atoms with E-state index in [0.29, 0.717) is 12.1 Å². The highest BCUT2D eigenvalue weighted by Gasteiger charge is 2.19. The van der Waals surface area contributed by atoms with Crippen LogP contribution in [0.25, 0.3) is 11.1 Å². The van der Waals surface area contributed by atoms with Crippen molar-refractivity contribution in [1.29, 1.82) is 0 Å². The third-order valence-corrected chi connectivity index (χ3v) is 5.34. The fourth-order valence-electron chi connectivity index (χ4n) is 3.51. The number of amides is 2. The standard InChI is InChI=1S/C27H28N2O4/c30-25(18-17-24(27(32)33)28-19-7-10-20-8-3-1-4-9-20)29-26(31)23-15-13-22(14-16-23)21-11-5-2-6-12-21/h1-6,8-9,11-16,24,28H,7,10,17-19H2,(H,32,33)(H,29,30,31)/t24-/m0/s1. The Morgan fingerprint density at radius 3 is 2.03 bits per heavy atom. The first-order valence-corrected chi connectivity index (χ1v) is 11.0. The molecule has 0 saturated carbocycles. The maximum Gasteiger partial charge on any atom is 0.320 e. The summed E-state index contributed by atoms with van der Waals surface area (Å²) in [6, 6.07) is 25.9. The molecule has 0 aliphatic heterocycles. The van der Waals surface area contributed by atoms with Gasteiger partial charge in [0, 0.05) is 12.0 Å². The highest BCUT2D eigenvalue weighted by Crippen LogP contribution is 2.19.